The van der Waals surface area contributed by atoms with Crippen LogP contribution in [0.4, 0.5) is 0 Å². The Morgan fingerprint density at radius 2 is 1.46 bits per heavy atom. The van der Waals surface area contributed by atoms with Crippen LogP contribution in [0, 0.1) is 0 Å². The molecule has 1 saturated heterocycles. The molecule has 0 radical (unpaired) electrons. The first kappa shape index (κ1) is 25.6. The van der Waals surface area contributed by atoms with Gasteiger partial charge in [0, 0.05) is 6.61 Å². The number of hydrogen-bond acceptors (Lipinski definition) is 5. The van der Waals surface area contributed by atoms with E-state index < -0.39 is 31.0 Å². The summed E-state index contributed by atoms with van der Waals surface area (Å²) in [5.41, 5.74) is 0. The SMILES string of the molecule is C/C=C/CCCCCCCCCCCCCCO[C@@H]1CO[C@H]([C@@H](O)CO)[C@@H]1O. The molecule has 4 atom stereocenters. The predicted molar refractivity (Wildman–Crippen MR) is 113 cm³/mol. The zero-order valence-corrected chi connectivity index (χ0v) is 17.9. The van der Waals surface area contributed by atoms with Crippen LogP contribution < -0.4 is 0 Å². The van der Waals surface area contributed by atoms with Gasteiger partial charge in [0.1, 0.15) is 24.4 Å². The van der Waals surface area contributed by atoms with Gasteiger partial charge in [-0.25, -0.2) is 0 Å². The Labute approximate surface area is 172 Å². The third-order valence-electron chi connectivity index (χ3n) is 5.57. The Bertz CT molecular complexity index is 374. The molecule has 1 rings (SSSR count). The number of rotatable bonds is 18. The lowest BCUT2D eigenvalue weighted by atomic mass is 10.0. The highest BCUT2D eigenvalue weighted by Crippen LogP contribution is 2.20. The van der Waals surface area contributed by atoms with E-state index >= 15 is 0 Å². The highest BCUT2D eigenvalue weighted by Gasteiger charge is 2.40. The van der Waals surface area contributed by atoms with Crippen LogP contribution in [0.2, 0.25) is 0 Å². The molecule has 0 aromatic heterocycles. The molecular weight excluding hydrogens is 356 g/mol. The van der Waals surface area contributed by atoms with Gasteiger partial charge in [-0.3, -0.25) is 0 Å². The van der Waals surface area contributed by atoms with E-state index in [2.05, 4.69) is 19.1 Å². The second-order valence-corrected chi connectivity index (χ2v) is 8.05. The van der Waals surface area contributed by atoms with Crippen LogP contribution in [0.25, 0.3) is 0 Å². The quantitative estimate of drug-likeness (QED) is 0.238. The average molecular weight is 401 g/mol. The second-order valence-electron chi connectivity index (χ2n) is 8.05. The maximum Gasteiger partial charge on any atom is 0.114 e. The van der Waals surface area contributed by atoms with E-state index in [9.17, 15) is 10.2 Å². The Hall–Kier alpha value is -0.460. The summed E-state index contributed by atoms with van der Waals surface area (Å²) in [6, 6.07) is 0. The largest absolute Gasteiger partial charge is 0.394 e. The summed E-state index contributed by atoms with van der Waals surface area (Å²) in [6.45, 7) is 2.57. The van der Waals surface area contributed by atoms with Crippen molar-refractivity contribution in [2.24, 2.45) is 0 Å². The molecule has 1 fully saturated rings. The summed E-state index contributed by atoms with van der Waals surface area (Å²) in [4.78, 5) is 0. The average Bonchev–Trinajstić information content (AvgIpc) is 3.07. The van der Waals surface area contributed by atoms with E-state index in [1.165, 1.54) is 70.6 Å². The van der Waals surface area contributed by atoms with Crippen LogP contribution in [0.1, 0.15) is 90.4 Å². The van der Waals surface area contributed by atoms with Crippen LogP contribution in [-0.2, 0) is 9.47 Å². The fraction of sp³-hybridized carbons (Fsp3) is 0.913. The molecule has 0 aliphatic carbocycles. The molecule has 3 N–H and O–H groups in total. The van der Waals surface area contributed by atoms with Crippen molar-refractivity contribution in [2.45, 2.75) is 115 Å². The second kappa shape index (κ2) is 17.4. The summed E-state index contributed by atoms with van der Waals surface area (Å²) in [6.07, 6.45) is 18.2. The van der Waals surface area contributed by atoms with Gasteiger partial charge < -0.3 is 24.8 Å². The van der Waals surface area contributed by atoms with Gasteiger partial charge in [0.05, 0.1) is 13.2 Å². The molecule has 0 amide bonds. The van der Waals surface area contributed by atoms with Crippen molar-refractivity contribution in [3.8, 4) is 0 Å². The minimum Gasteiger partial charge on any atom is -0.394 e. The number of allylic oxidation sites excluding steroid dienone is 2. The summed E-state index contributed by atoms with van der Waals surface area (Å²) >= 11 is 0. The smallest absolute Gasteiger partial charge is 0.114 e. The Morgan fingerprint density at radius 3 is 2.00 bits per heavy atom. The van der Waals surface area contributed by atoms with Gasteiger partial charge in [-0.15, -0.1) is 0 Å². The van der Waals surface area contributed by atoms with Crippen LogP contribution in [-0.4, -0.2) is 59.6 Å². The Morgan fingerprint density at radius 1 is 0.929 bits per heavy atom. The van der Waals surface area contributed by atoms with Crippen molar-refractivity contribution in [3.05, 3.63) is 12.2 Å². The summed E-state index contributed by atoms with van der Waals surface area (Å²) in [5.74, 6) is 0. The van der Waals surface area contributed by atoms with E-state index in [-0.39, 0.29) is 6.61 Å². The maximum absolute atomic E-state index is 10.1. The molecule has 0 spiro atoms. The highest BCUT2D eigenvalue weighted by atomic mass is 16.6. The Kier molecular flexibility index (Phi) is 15.9. The summed E-state index contributed by atoms with van der Waals surface area (Å²) in [7, 11) is 0. The zero-order chi connectivity index (χ0) is 20.5. The van der Waals surface area contributed by atoms with Crippen molar-refractivity contribution in [2.75, 3.05) is 19.8 Å². The van der Waals surface area contributed by atoms with Gasteiger partial charge in [0.2, 0.25) is 0 Å². The van der Waals surface area contributed by atoms with Gasteiger partial charge >= 0.3 is 0 Å². The number of ether oxygens (including phenoxy) is 2. The molecule has 0 unspecified atom stereocenters. The topological polar surface area (TPSA) is 79.2 Å². The van der Waals surface area contributed by atoms with Gasteiger partial charge in [-0.05, 0) is 26.2 Å². The van der Waals surface area contributed by atoms with Gasteiger partial charge in [0.25, 0.3) is 0 Å². The molecule has 1 heterocycles. The number of hydrogen-bond donors (Lipinski definition) is 3. The maximum atomic E-state index is 10.1. The fourth-order valence-electron chi connectivity index (χ4n) is 3.74. The van der Waals surface area contributed by atoms with Gasteiger partial charge in [-0.2, -0.15) is 0 Å². The molecule has 0 bridgehead atoms. The van der Waals surface area contributed by atoms with Crippen LogP contribution >= 0.6 is 0 Å². The van der Waals surface area contributed by atoms with E-state index in [1.54, 1.807) is 0 Å². The van der Waals surface area contributed by atoms with Gasteiger partial charge in [-0.1, -0.05) is 76.4 Å². The normalized spacial score (nSPS) is 23.6. The molecule has 166 valence electrons. The number of aliphatic hydroxyl groups is 3. The molecule has 5 nitrogen and oxygen atoms in total. The molecule has 0 aromatic carbocycles. The summed E-state index contributed by atoms with van der Waals surface area (Å²) < 4.78 is 11.0. The Balaban J connectivity index is 1.81. The monoisotopic (exact) mass is 400 g/mol. The molecule has 1 aliphatic heterocycles. The van der Waals surface area contributed by atoms with Crippen LogP contribution in [0.15, 0.2) is 12.2 Å². The van der Waals surface area contributed by atoms with Crippen molar-refractivity contribution < 1.29 is 24.8 Å². The van der Waals surface area contributed by atoms with Crippen molar-refractivity contribution in [1.82, 2.24) is 0 Å². The van der Waals surface area contributed by atoms with E-state index in [4.69, 9.17) is 14.6 Å². The summed E-state index contributed by atoms with van der Waals surface area (Å²) in [5, 5.41) is 28.6. The molecule has 28 heavy (non-hydrogen) atoms. The first-order chi connectivity index (χ1) is 13.7. The number of aliphatic hydroxyl groups excluding tert-OH is 3. The molecular formula is C23H44O5. The first-order valence-electron chi connectivity index (χ1n) is 11.5. The predicted octanol–water partition coefficient (Wildman–Crippen LogP) is 4.13. The third kappa shape index (κ3) is 11.5. The third-order valence-corrected chi connectivity index (χ3v) is 5.57. The minimum atomic E-state index is -1.05. The van der Waals surface area contributed by atoms with Crippen LogP contribution in [0.5, 0.6) is 0 Å². The minimum absolute atomic E-state index is 0.276. The highest BCUT2D eigenvalue weighted by molar-refractivity contribution is 4.88. The van der Waals surface area contributed by atoms with E-state index in [0.717, 1.165) is 12.8 Å². The zero-order valence-electron chi connectivity index (χ0n) is 17.9. The standard InChI is InChI=1S/C23H44O5/c1-2-3-4-5-6-7-8-9-10-11-12-13-14-15-16-17-27-21-19-28-23(22(21)26)20(25)18-24/h2-3,20-26H,4-19H2,1H3/b3-2+/t20-,21+,22+,23+/m0/s1. The first-order valence-corrected chi connectivity index (χ1v) is 11.5. The van der Waals surface area contributed by atoms with Gasteiger partial charge in [0.15, 0.2) is 0 Å². The van der Waals surface area contributed by atoms with E-state index in [1.807, 2.05) is 0 Å². The molecule has 1 aliphatic rings. The van der Waals surface area contributed by atoms with E-state index in [0.29, 0.717) is 6.61 Å². The lowest BCUT2D eigenvalue weighted by Gasteiger charge is -2.20. The van der Waals surface area contributed by atoms with Crippen molar-refractivity contribution >= 4 is 0 Å². The lowest BCUT2D eigenvalue weighted by molar-refractivity contribution is -0.0730. The van der Waals surface area contributed by atoms with Crippen molar-refractivity contribution in [3.63, 3.8) is 0 Å². The lowest BCUT2D eigenvalue weighted by Crippen LogP contribution is -2.41. The van der Waals surface area contributed by atoms with Crippen LogP contribution in [0.3, 0.4) is 0 Å². The molecule has 5 heteroatoms. The molecule has 0 aromatic rings. The number of unbranched alkanes of at least 4 members (excludes halogenated alkanes) is 12. The molecule has 0 saturated carbocycles. The fourth-order valence-corrected chi connectivity index (χ4v) is 3.74. The van der Waals surface area contributed by atoms with Crippen molar-refractivity contribution in [1.29, 1.82) is 0 Å².